The summed E-state index contributed by atoms with van der Waals surface area (Å²) in [4.78, 5) is 21.2. The van der Waals surface area contributed by atoms with E-state index in [0.717, 1.165) is 16.1 Å². The van der Waals surface area contributed by atoms with Gasteiger partial charge in [0.25, 0.3) is 0 Å². The normalized spacial score (nSPS) is 11.9. The zero-order valence-corrected chi connectivity index (χ0v) is 20.5. The van der Waals surface area contributed by atoms with Crippen LogP contribution in [0.25, 0.3) is 22.3 Å². The van der Waals surface area contributed by atoms with Crippen LogP contribution in [0.1, 0.15) is 18.4 Å². The van der Waals surface area contributed by atoms with Gasteiger partial charge in [0.2, 0.25) is 15.7 Å². The number of nitrogens with zero attached hydrogens (tertiary/aromatic N) is 1. The average Bonchev–Trinajstić information content (AvgIpc) is 3.48. The first kappa shape index (κ1) is 24.2. The number of nitrogens with one attached hydrogen (secondary N) is 1. The molecule has 1 amide bonds. The van der Waals surface area contributed by atoms with E-state index in [9.17, 15) is 23.3 Å². The van der Waals surface area contributed by atoms with Crippen LogP contribution in [-0.4, -0.2) is 19.2 Å². The molecular formula is C24H17BrN2O7S. The number of rotatable bonds is 7. The number of nitro groups is 1. The van der Waals surface area contributed by atoms with Crippen LogP contribution in [0.3, 0.4) is 0 Å². The number of anilines is 1. The third-order valence-corrected chi connectivity index (χ3v) is 7.14. The van der Waals surface area contributed by atoms with E-state index in [0.29, 0.717) is 11.4 Å². The van der Waals surface area contributed by atoms with Gasteiger partial charge in [-0.1, -0.05) is 28.1 Å². The smallest absolute Gasteiger partial charge is 0.433 e. The number of sulfone groups is 1. The quantitative estimate of drug-likeness (QED) is 0.213. The lowest BCUT2D eigenvalue weighted by atomic mass is 10.2. The lowest BCUT2D eigenvalue weighted by Gasteiger charge is -2.08. The highest BCUT2D eigenvalue weighted by Gasteiger charge is 2.27. The van der Waals surface area contributed by atoms with Gasteiger partial charge in [-0.2, -0.15) is 0 Å². The molecule has 178 valence electrons. The van der Waals surface area contributed by atoms with Crippen molar-refractivity contribution in [2.24, 2.45) is 0 Å². The van der Waals surface area contributed by atoms with Crippen molar-refractivity contribution in [2.45, 2.75) is 11.8 Å². The first-order valence-corrected chi connectivity index (χ1v) is 12.4. The number of furan rings is 2. The summed E-state index contributed by atoms with van der Waals surface area (Å²) in [5.41, 5.74) is 1.19. The zero-order valence-electron chi connectivity index (χ0n) is 18.1. The van der Waals surface area contributed by atoms with E-state index >= 15 is 0 Å². The zero-order chi connectivity index (χ0) is 25.2. The molecule has 0 saturated carbocycles. The van der Waals surface area contributed by atoms with Gasteiger partial charge < -0.3 is 14.2 Å². The van der Waals surface area contributed by atoms with E-state index < -0.39 is 20.6 Å². The maximum absolute atomic E-state index is 13.5. The molecule has 0 aliphatic heterocycles. The Labute approximate surface area is 208 Å². The van der Waals surface area contributed by atoms with Crippen LogP contribution >= 0.6 is 15.9 Å². The van der Waals surface area contributed by atoms with Crippen LogP contribution < -0.4 is 5.32 Å². The Kier molecular flexibility index (Phi) is 6.72. The van der Waals surface area contributed by atoms with Gasteiger partial charge in [-0.15, -0.1) is 0 Å². The lowest BCUT2D eigenvalue weighted by Crippen LogP contribution is -2.07. The molecule has 2 aromatic carbocycles. The van der Waals surface area contributed by atoms with E-state index in [4.69, 9.17) is 8.83 Å². The Morgan fingerprint density at radius 1 is 0.971 bits per heavy atom. The van der Waals surface area contributed by atoms with Gasteiger partial charge in [-0.05, 0) is 54.6 Å². The molecule has 0 aliphatic rings. The average molecular weight is 557 g/mol. The van der Waals surface area contributed by atoms with E-state index in [-0.39, 0.29) is 27.2 Å². The highest BCUT2D eigenvalue weighted by molar-refractivity contribution is 9.10. The topological polar surface area (TPSA) is 133 Å². The Hall–Kier alpha value is -3.96. The lowest BCUT2D eigenvalue weighted by molar-refractivity contribution is -0.402. The number of carbonyl (C=O) groups excluding carboxylic acids is 1. The van der Waals surface area contributed by atoms with Crippen molar-refractivity contribution in [3.8, 4) is 11.3 Å². The van der Waals surface area contributed by atoms with E-state index in [2.05, 4.69) is 21.2 Å². The van der Waals surface area contributed by atoms with Gasteiger partial charge in [-0.3, -0.25) is 14.9 Å². The summed E-state index contributed by atoms with van der Waals surface area (Å²) in [5.74, 6) is -0.411. The molecule has 9 nitrogen and oxygen atoms in total. The van der Waals surface area contributed by atoms with Crippen LogP contribution in [0, 0.1) is 10.1 Å². The Bertz CT molecular complexity index is 1530. The van der Waals surface area contributed by atoms with Crippen LogP contribution in [0.2, 0.25) is 0 Å². The molecule has 0 atom stereocenters. The second-order valence-electron chi connectivity index (χ2n) is 7.32. The van der Waals surface area contributed by atoms with Crippen molar-refractivity contribution < 1.29 is 27.0 Å². The first-order valence-electron chi connectivity index (χ1n) is 10.1. The van der Waals surface area contributed by atoms with Gasteiger partial charge in [0.1, 0.15) is 21.3 Å². The summed E-state index contributed by atoms with van der Waals surface area (Å²) in [6, 6.07) is 18.4. The van der Waals surface area contributed by atoms with Gasteiger partial charge in [0.05, 0.1) is 11.0 Å². The SMILES string of the molecule is CC(=O)Nc1ccc(S(=O)(=O)/C(=C\c2ccc(-c3ccc(Br)cc3)o2)c2ccc([N+](=O)[O-])o2)cc1. The molecule has 35 heavy (non-hydrogen) atoms. The predicted molar refractivity (Wildman–Crippen MR) is 133 cm³/mol. The van der Waals surface area contributed by atoms with Gasteiger partial charge in [0.15, 0.2) is 5.76 Å². The first-order chi connectivity index (χ1) is 16.6. The molecule has 2 aromatic heterocycles. The maximum atomic E-state index is 13.5. The van der Waals surface area contributed by atoms with Gasteiger partial charge in [-0.25, -0.2) is 8.42 Å². The molecule has 11 heteroatoms. The molecule has 0 bridgehead atoms. The Balaban J connectivity index is 1.78. The molecule has 0 aliphatic carbocycles. The minimum Gasteiger partial charge on any atom is -0.457 e. The minimum absolute atomic E-state index is 0.100. The minimum atomic E-state index is -4.21. The maximum Gasteiger partial charge on any atom is 0.433 e. The molecule has 0 saturated heterocycles. The monoisotopic (exact) mass is 556 g/mol. The molecule has 0 radical (unpaired) electrons. The Morgan fingerprint density at radius 2 is 1.66 bits per heavy atom. The van der Waals surface area contributed by atoms with Crippen LogP contribution in [-0.2, 0) is 14.6 Å². The molecule has 0 spiro atoms. The largest absolute Gasteiger partial charge is 0.457 e. The standard InChI is InChI=1S/C24H17BrN2O7S/c1-15(28)26-18-6-9-20(10-7-18)35(31,32)23(22-12-13-24(34-22)27(29)30)14-19-8-11-21(33-19)16-2-4-17(25)5-3-16/h2-14H,1H3,(H,26,28)/b23-14-. The summed E-state index contributed by atoms with van der Waals surface area (Å²) in [5, 5.41) is 13.7. The van der Waals surface area contributed by atoms with Crippen molar-refractivity contribution in [3.63, 3.8) is 0 Å². The van der Waals surface area contributed by atoms with Crippen LogP contribution in [0.15, 0.2) is 91.0 Å². The summed E-state index contributed by atoms with van der Waals surface area (Å²) in [6.45, 7) is 1.33. The highest BCUT2D eigenvalue weighted by atomic mass is 79.9. The second kappa shape index (κ2) is 9.72. The van der Waals surface area contributed by atoms with Crippen LogP contribution in [0.4, 0.5) is 11.6 Å². The molecular weight excluding hydrogens is 540 g/mol. The van der Waals surface area contributed by atoms with Gasteiger partial charge >= 0.3 is 5.88 Å². The van der Waals surface area contributed by atoms with Crippen molar-refractivity contribution >= 4 is 54.2 Å². The third-order valence-electron chi connectivity index (χ3n) is 4.82. The molecule has 0 fully saturated rings. The van der Waals surface area contributed by atoms with Gasteiger partial charge in [0, 0.05) is 28.7 Å². The number of hydrogen-bond acceptors (Lipinski definition) is 7. The second-order valence-corrected chi connectivity index (χ2v) is 10.2. The number of amides is 1. The molecule has 2 heterocycles. The molecule has 4 aromatic rings. The van der Waals surface area contributed by atoms with Crippen molar-refractivity contribution in [2.75, 3.05) is 5.32 Å². The summed E-state index contributed by atoms with van der Waals surface area (Å²) in [6.07, 6.45) is 1.25. The van der Waals surface area contributed by atoms with Crippen molar-refractivity contribution in [1.29, 1.82) is 0 Å². The van der Waals surface area contributed by atoms with Crippen LogP contribution in [0.5, 0.6) is 0 Å². The van der Waals surface area contributed by atoms with E-state index in [1.54, 1.807) is 12.1 Å². The molecule has 1 N–H and O–H groups in total. The fraction of sp³-hybridized carbons (Fsp3) is 0.0417. The Morgan fingerprint density at radius 3 is 2.26 bits per heavy atom. The summed E-state index contributed by atoms with van der Waals surface area (Å²) in [7, 11) is -4.21. The van der Waals surface area contributed by atoms with E-state index in [1.165, 1.54) is 43.3 Å². The fourth-order valence-electron chi connectivity index (χ4n) is 3.22. The third kappa shape index (κ3) is 5.42. The predicted octanol–water partition coefficient (Wildman–Crippen LogP) is 6.14. The molecule has 4 rings (SSSR count). The van der Waals surface area contributed by atoms with E-state index in [1.807, 2.05) is 24.3 Å². The number of benzene rings is 2. The fourth-order valence-corrected chi connectivity index (χ4v) is 4.87. The summed E-state index contributed by atoms with van der Waals surface area (Å²) < 4.78 is 39.0. The van der Waals surface area contributed by atoms with Crippen molar-refractivity contribution in [3.05, 3.63) is 98.9 Å². The number of hydrogen-bond donors (Lipinski definition) is 1. The molecule has 0 unspecified atom stereocenters. The summed E-state index contributed by atoms with van der Waals surface area (Å²) >= 11 is 3.37. The van der Waals surface area contributed by atoms with Crippen molar-refractivity contribution in [1.82, 2.24) is 0 Å². The number of halogens is 1. The number of carbonyl (C=O) groups is 1. The highest BCUT2D eigenvalue weighted by Crippen LogP contribution is 2.34.